The molecule has 36 heavy (non-hydrogen) atoms. The molecule has 6 nitrogen and oxygen atoms in total. The van der Waals surface area contributed by atoms with Gasteiger partial charge in [-0.05, 0) is 46.7 Å². The van der Waals surface area contributed by atoms with E-state index in [2.05, 4.69) is 41.5 Å². The fraction of sp³-hybridized carbons (Fsp3) is 0.333. The number of nitrogens with zero attached hydrogens (tertiary/aromatic N) is 3. The van der Waals surface area contributed by atoms with Gasteiger partial charge in [-0.2, -0.15) is 5.10 Å². The summed E-state index contributed by atoms with van der Waals surface area (Å²) in [4.78, 5) is 15.3. The highest BCUT2D eigenvalue weighted by atomic mass is 16.6. The van der Waals surface area contributed by atoms with Crippen LogP contribution in [-0.4, -0.2) is 44.6 Å². The molecule has 0 spiro atoms. The molecular formula is C30H29N3O3. The number of aliphatic hydroxyl groups is 1. The zero-order valence-electron chi connectivity index (χ0n) is 20.3. The third-order valence-electron chi connectivity index (χ3n) is 8.60. The molecule has 2 bridgehead atoms. The van der Waals surface area contributed by atoms with Gasteiger partial charge in [-0.25, -0.2) is 4.79 Å². The van der Waals surface area contributed by atoms with Crippen molar-refractivity contribution in [2.75, 3.05) is 6.61 Å². The Bertz CT molecular complexity index is 1430. The van der Waals surface area contributed by atoms with Gasteiger partial charge in [-0.1, -0.05) is 60.7 Å². The molecule has 2 fully saturated rings. The topological polar surface area (TPSA) is 67.6 Å². The number of hydrogen-bond acceptors (Lipinski definition) is 4. The minimum atomic E-state index is -0.954. The van der Waals surface area contributed by atoms with E-state index in [1.807, 2.05) is 53.2 Å². The molecule has 1 N–H and O–H groups in total. The van der Waals surface area contributed by atoms with Crippen molar-refractivity contribution in [3.05, 3.63) is 89.6 Å². The zero-order valence-corrected chi connectivity index (χ0v) is 20.3. The molecular weight excluding hydrogens is 450 g/mol. The molecule has 6 heteroatoms. The molecule has 1 aromatic heterocycles. The van der Waals surface area contributed by atoms with Crippen molar-refractivity contribution < 1.29 is 14.6 Å². The lowest BCUT2D eigenvalue weighted by Crippen LogP contribution is -2.52. The summed E-state index contributed by atoms with van der Waals surface area (Å²) < 4.78 is 7.83. The summed E-state index contributed by atoms with van der Waals surface area (Å²) in [5.74, 6) is 0.0475. The van der Waals surface area contributed by atoms with Crippen molar-refractivity contribution in [2.45, 2.75) is 49.3 Å². The highest BCUT2D eigenvalue weighted by molar-refractivity contribution is 5.80. The second kappa shape index (κ2) is 7.93. The maximum Gasteiger partial charge on any atom is 0.410 e. The van der Waals surface area contributed by atoms with Gasteiger partial charge in [0.05, 0.1) is 17.3 Å². The summed E-state index contributed by atoms with van der Waals surface area (Å²) in [6.45, 7) is 0.324. The van der Waals surface area contributed by atoms with Crippen LogP contribution in [0.5, 0.6) is 0 Å². The van der Waals surface area contributed by atoms with E-state index >= 15 is 0 Å². The number of ether oxygens (including phenoxy) is 1. The molecule has 2 saturated heterocycles. The standard InChI is InChI=1S/C30H29N3O3/c1-32-28-14-20(11-10-19(28)17-31-32)30(35)15-21-12-13-22(16-30)33(21)29(34)36-18-27-25-8-4-2-6-23(25)24-7-3-5-9-26(24)27/h2-11,14,17,21-22,27,35H,12-13,15-16,18H2,1H3. The summed E-state index contributed by atoms with van der Waals surface area (Å²) >= 11 is 0. The summed E-state index contributed by atoms with van der Waals surface area (Å²) in [7, 11) is 1.92. The van der Waals surface area contributed by atoms with Gasteiger partial charge in [0.25, 0.3) is 0 Å². The maximum absolute atomic E-state index is 13.4. The van der Waals surface area contributed by atoms with Gasteiger partial charge in [-0.3, -0.25) is 4.68 Å². The largest absolute Gasteiger partial charge is 0.448 e. The average molecular weight is 480 g/mol. The van der Waals surface area contributed by atoms with Gasteiger partial charge in [0, 0.05) is 43.3 Å². The van der Waals surface area contributed by atoms with Crippen LogP contribution in [0.25, 0.3) is 22.0 Å². The monoisotopic (exact) mass is 479 g/mol. The third-order valence-corrected chi connectivity index (χ3v) is 8.60. The van der Waals surface area contributed by atoms with E-state index in [1.54, 1.807) is 0 Å². The highest BCUT2D eigenvalue weighted by Gasteiger charge is 2.51. The Labute approximate surface area is 210 Å². The number of fused-ring (bicyclic) bond motifs is 6. The smallest absolute Gasteiger partial charge is 0.410 e. The van der Waals surface area contributed by atoms with Crippen molar-refractivity contribution in [2.24, 2.45) is 7.05 Å². The number of carbonyl (C=O) groups is 1. The molecule has 2 atom stereocenters. The fourth-order valence-corrected chi connectivity index (χ4v) is 6.86. The molecule has 3 aromatic carbocycles. The molecule has 0 radical (unpaired) electrons. The number of rotatable bonds is 3. The summed E-state index contributed by atoms with van der Waals surface area (Å²) in [6.07, 6.45) is 4.42. The van der Waals surface area contributed by atoms with Crippen LogP contribution in [0.1, 0.15) is 48.3 Å². The first kappa shape index (κ1) is 21.6. The van der Waals surface area contributed by atoms with Crippen LogP contribution in [0.4, 0.5) is 4.79 Å². The Morgan fingerprint density at radius 1 is 1.00 bits per heavy atom. The van der Waals surface area contributed by atoms with Gasteiger partial charge in [0.1, 0.15) is 6.61 Å². The van der Waals surface area contributed by atoms with Crippen LogP contribution >= 0.6 is 0 Å². The van der Waals surface area contributed by atoms with Crippen molar-refractivity contribution in [3.8, 4) is 11.1 Å². The summed E-state index contributed by atoms with van der Waals surface area (Å²) in [6, 6.07) is 22.8. The predicted octanol–water partition coefficient (Wildman–Crippen LogP) is 5.34. The molecule has 1 aliphatic carbocycles. The van der Waals surface area contributed by atoms with Gasteiger partial charge in [-0.15, -0.1) is 0 Å². The fourth-order valence-electron chi connectivity index (χ4n) is 6.86. The van der Waals surface area contributed by atoms with Crippen molar-refractivity contribution in [3.63, 3.8) is 0 Å². The quantitative estimate of drug-likeness (QED) is 0.431. The van der Waals surface area contributed by atoms with Gasteiger partial charge >= 0.3 is 6.09 Å². The Balaban J connectivity index is 1.09. The Morgan fingerprint density at radius 2 is 1.64 bits per heavy atom. The molecule has 7 rings (SSSR count). The average Bonchev–Trinajstić information content (AvgIpc) is 3.52. The predicted molar refractivity (Wildman–Crippen MR) is 138 cm³/mol. The van der Waals surface area contributed by atoms with Crippen molar-refractivity contribution >= 4 is 17.0 Å². The Morgan fingerprint density at radius 3 is 2.31 bits per heavy atom. The second-order valence-corrected chi connectivity index (χ2v) is 10.6. The number of aromatic nitrogens is 2. The second-order valence-electron chi connectivity index (χ2n) is 10.6. The van der Waals surface area contributed by atoms with Crippen molar-refractivity contribution in [1.82, 2.24) is 14.7 Å². The van der Waals surface area contributed by atoms with Crippen LogP contribution in [0, 0.1) is 0 Å². The molecule has 182 valence electrons. The highest BCUT2D eigenvalue weighted by Crippen LogP contribution is 2.47. The lowest BCUT2D eigenvalue weighted by molar-refractivity contribution is -0.0530. The SMILES string of the molecule is Cn1ncc2ccc(C3(O)CC4CCC(C3)N4C(=O)OCC3c4ccccc4-c4ccccc43)cc21. The number of aryl methyl sites for hydroxylation is 1. The molecule has 0 saturated carbocycles. The van der Waals surface area contributed by atoms with Gasteiger partial charge in [0.2, 0.25) is 0 Å². The van der Waals surface area contributed by atoms with E-state index in [-0.39, 0.29) is 24.1 Å². The number of carbonyl (C=O) groups excluding carboxylic acids is 1. The van der Waals surface area contributed by atoms with Crippen molar-refractivity contribution in [1.29, 1.82) is 0 Å². The molecule has 4 aromatic rings. The van der Waals surface area contributed by atoms with E-state index < -0.39 is 5.60 Å². The summed E-state index contributed by atoms with van der Waals surface area (Å²) in [5, 5.41) is 17.1. The van der Waals surface area contributed by atoms with E-state index in [9.17, 15) is 9.90 Å². The molecule has 2 unspecified atom stereocenters. The minimum absolute atomic E-state index is 0.0216. The molecule has 1 amide bonds. The first-order valence-corrected chi connectivity index (χ1v) is 12.8. The number of amides is 1. The number of benzene rings is 3. The van der Waals surface area contributed by atoms with Crippen LogP contribution in [-0.2, 0) is 17.4 Å². The normalized spacial score (nSPS) is 24.7. The first-order chi connectivity index (χ1) is 17.5. The number of hydrogen-bond donors (Lipinski definition) is 1. The van der Waals surface area contributed by atoms with Crippen LogP contribution in [0.2, 0.25) is 0 Å². The lowest BCUT2D eigenvalue weighted by atomic mass is 9.80. The Kier molecular flexibility index (Phi) is 4.77. The molecule has 2 aliphatic heterocycles. The van der Waals surface area contributed by atoms with E-state index in [0.29, 0.717) is 19.4 Å². The van der Waals surface area contributed by atoms with E-state index in [0.717, 1.165) is 29.3 Å². The molecule has 3 aliphatic rings. The van der Waals surface area contributed by atoms with Crippen LogP contribution in [0.3, 0.4) is 0 Å². The van der Waals surface area contributed by atoms with Gasteiger partial charge < -0.3 is 14.7 Å². The van der Waals surface area contributed by atoms with E-state index in [4.69, 9.17) is 4.74 Å². The van der Waals surface area contributed by atoms with Gasteiger partial charge in [0.15, 0.2) is 0 Å². The number of piperidine rings is 1. The first-order valence-electron chi connectivity index (χ1n) is 12.8. The molecule has 3 heterocycles. The minimum Gasteiger partial charge on any atom is -0.448 e. The third kappa shape index (κ3) is 3.21. The van der Waals surface area contributed by atoms with Crippen LogP contribution < -0.4 is 0 Å². The Hall–Kier alpha value is -3.64. The summed E-state index contributed by atoms with van der Waals surface area (Å²) in [5.41, 5.74) is 5.84. The van der Waals surface area contributed by atoms with E-state index in [1.165, 1.54) is 22.3 Å². The zero-order chi connectivity index (χ0) is 24.4. The lowest BCUT2D eigenvalue weighted by Gasteiger charge is -2.43. The van der Waals surface area contributed by atoms with Crippen LogP contribution in [0.15, 0.2) is 72.9 Å². The maximum atomic E-state index is 13.4.